The lowest BCUT2D eigenvalue weighted by Gasteiger charge is -2.10. The van der Waals surface area contributed by atoms with Crippen LogP contribution < -0.4 is 10.6 Å². The topological polar surface area (TPSA) is 139 Å². The van der Waals surface area contributed by atoms with E-state index in [9.17, 15) is 19.7 Å². The minimum absolute atomic E-state index is 0.0199. The molecule has 0 spiro atoms. The third-order valence-electron chi connectivity index (χ3n) is 5.19. The molecule has 0 aliphatic carbocycles. The molecule has 184 valence electrons. The van der Waals surface area contributed by atoms with Gasteiger partial charge in [-0.15, -0.1) is 5.10 Å². The number of anilines is 1. The molecule has 0 unspecified atom stereocenters. The Morgan fingerprint density at radius 2 is 2.06 bits per heavy atom. The van der Waals surface area contributed by atoms with E-state index in [0.717, 1.165) is 22.9 Å². The van der Waals surface area contributed by atoms with Gasteiger partial charge in [0.1, 0.15) is 16.8 Å². The van der Waals surface area contributed by atoms with Gasteiger partial charge in [-0.05, 0) is 49.7 Å². The number of nitro benzene ring substituents is 1. The molecule has 1 fully saturated rings. The molecule has 1 aliphatic rings. The normalized spacial score (nSPS) is 16.5. The third kappa shape index (κ3) is 5.99. The quantitative estimate of drug-likeness (QED) is 0.250. The predicted octanol–water partition coefficient (Wildman–Crippen LogP) is 5.08. The summed E-state index contributed by atoms with van der Waals surface area (Å²) in [5.41, 5.74) is 2.83. The van der Waals surface area contributed by atoms with Gasteiger partial charge in [0.2, 0.25) is 11.8 Å². The van der Waals surface area contributed by atoms with Crippen molar-refractivity contribution in [2.75, 3.05) is 5.32 Å². The zero-order chi connectivity index (χ0) is 25.8. The summed E-state index contributed by atoms with van der Waals surface area (Å²) in [6.07, 6.45) is 1.29. The highest BCUT2D eigenvalue weighted by Gasteiger charge is 2.32. The zero-order valence-corrected chi connectivity index (χ0v) is 20.7. The van der Waals surface area contributed by atoms with Crippen LogP contribution >= 0.6 is 23.4 Å². The molecule has 2 aromatic carbocycles. The Kier molecular flexibility index (Phi) is 7.51. The molecule has 0 saturated carbocycles. The van der Waals surface area contributed by atoms with Crippen LogP contribution in [0.15, 0.2) is 63.2 Å². The SMILES string of the molecule is Cc1ccc(NC(=O)C[C@H]2S/C(=N\N=C/c3ccc(-c4ccc(Cl)cc4[N+](=O)[O-])o3)NC2=O)c(C)c1. The molecule has 1 atom stereocenters. The number of halogens is 1. The van der Waals surface area contributed by atoms with Gasteiger partial charge in [-0.2, -0.15) is 5.10 Å². The number of carbonyl (C=O) groups excluding carboxylic acids is 2. The van der Waals surface area contributed by atoms with Crippen molar-refractivity contribution in [1.29, 1.82) is 0 Å². The van der Waals surface area contributed by atoms with E-state index >= 15 is 0 Å². The Hall–Kier alpha value is -3.96. The molecule has 0 bridgehead atoms. The smallest absolute Gasteiger partial charge is 0.281 e. The molecule has 12 heteroatoms. The standard InChI is InChI=1S/C24H20ClN5O5S/c1-13-3-7-18(14(2)9-13)27-22(31)11-21-23(32)28-24(36-21)29-26-12-16-5-8-20(35-16)17-6-4-15(25)10-19(17)30(33)34/h3-10,12,21H,11H2,1-2H3,(H,27,31)(H,28,29,32)/b26-12-/t21-/m1/s1. The van der Waals surface area contributed by atoms with Crippen LogP contribution in [-0.4, -0.2) is 33.4 Å². The fourth-order valence-electron chi connectivity index (χ4n) is 3.48. The van der Waals surface area contributed by atoms with Gasteiger partial charge in [-0.1, -0.05) is 41.1 Å². The number of furan rings is 1. The summed E-state index contributed by atoms with van der Waals surface area (Å²) in [5.74, 6) is -0.0398. The van der Waals surface area contributed by atoms with Crippen LogP contribution in [0.2, 0.25) is 5.02 Å². The predicted molar refractivity (Wildman–Crippen MR) is 140 cm³/mol. The van der Waals surface area contributed by atoms with Crippen LogP contribution in [0.5, 0.6) is 0 Å². The number of thioether (sulfide) groups is 1. The average Bonchev–Trinajstić information content (AvgIpc) is 3.42. The molecule has 10 nitrogen and oxygen atoms in total. The highest BCUT2D eigenvalue weighted by atomic mass is 35.5. The number of hydrogen-bond acceptors (Lipinski definition) is 8. The van der Waals surface area contributed by atoms with E-state index in [4.69, 9.17) is 16.0 Å². The van der Waals surface area contributed by atoms with Crippen molar-refractivity contribution in [3.8, 4) is 11.3 Å². The first-order chi connectivity index (χ1) is 17.2. The number of amidine groups is 1. The first-order valence-corrected chi connectivity index (χ1v) is 11.9. The second-order valence-electron chi connectivity index (χ2n) is 7.94. The zero-order valence-electron chi connectivity index (χ0n) is 19.1. The summed E-state index contributed by atoms with van der Waals surface area (Å²) in [7, 11) is 0. The van der Waals surface area contributed by atoms with Gasteiger partial charge in [-0.3, -0.25) is 19.7 Å². The number of nitro groups is 1. The minimum atomic E-state index is -0.634. The first-order valence-electron chi connectivity index (χ1n) is 10.7. The van der Waals surface area contributed by atoms with E-state index in [1.165, 1.54) is 24.4 Å². The molecule has 1 aliphatic heterocycles. The Morgan fingerprint density at radius 3 is 2.81 bits per heavy atom. The number of nitrogens with one attached hydrogen (secondary N) is 2. The van der Waals surface area contributed by atoms with Gasteiger partial charge >= 0.3 is 0 Å². The molecule has 1 saturated heterocycles. The van der Waals surface area contributed by atoms with Gasteiger partial charge in [0, 0.05) is 23.2 Å². The summed E-state index contributed by atoms with van der Waals surface area (Å²) >= 11 is 6.96. The molecule has 2 amide bonds. The molecule has 3 aromatic rings. The van der Waals surface area contributed by atoms with Crippen molar-refractivity contribution in [3.05, 3.63) is 80.6 Å². The number of hydrogen-bond donors (Lipinski definition) is 2. The maximum Gasteiger partial charge on any atom is 0.281 e. The number of carbonyl (C=O) groups is 2. The van der Waals surface area contributed by atoms with Gasteiger partial charge in [0.05, 0.1) is 16.7 Å². The lowest BCUT2D eigenvalue weighted by atomic mass is 10.1. The Labute approximate surface area is 215 Å². The van der Waals surface area contributed by atoms with E-state index in [-0.39, 0.29) is 45.4 Å². The molecule has 0 radical (unpaired) electrons. The van der Waals surface area contributed by atoms with Crippen LogP contribution in [0.4, 0.5) is 11.4 Å². The summed E-state index contributed by atoms with van der Waals surface area (Å²) in [6, 6.07) is 13.1. The average molecular weight is 526 g/mol. The lowest BCUT2D eigenvalue weighted by Crippen LogP contribution is -2.28. The van der Waals surface area contributed by atoms with Crippen molar-refractivity contribution in [2.45, 2.75) is 25.5 Å². The maximum atomic E-state index is 12.4. The van der Waals surface area contributed by atoms with Crippen molar-refractivity contribution < 1.29 is 18.9 Å². The van der Waals surface area contributed by atoms with Crippen molar-refractivity contribution in [1.82, 2.24) is 5.32 Å². The Morgan fingerprint density at radius 1 is 1.25 bits per heavy atom. The second kappa shape index (κ2) is 10.8. The molecule has 2 heterocycles. The summed E-state index contributed by atoms with van der Waals surface area (Å²) in [5, 5.41) is 24.5. The minimum Gasteiger partial charge on any atom is -0.455 e. The van der Waals surface area contributed by atoms with Crippen molar-refractivity contribution >= 4 is 57.9 Å². The van der Waals surface area contributed by atoms with E-state index in [1.807, 2.05) is 32.0 Å². The molecule has 1 aromatic heterocycles. The van der Waals surface area contributed by atoms with Crippen LogP contribution in [-0.2, 0) is 9.59 Å². The summed E-state index contributed by atoms with van der Waals surface area (Å²) in [6.45, 7) is 3.87. The van der Waals surface area contributed by atoms with Crippen LogP contribution in [0.25, 0.3) is 11.3 Å². The number of nitrogens with zero attached hydrogens (tertiary/aromatic N) is 3. The molecule has 2 N–H and O–H groups in total. The summed E-state index contributed by atoms with van der Waals surface area (Å²) < 4.78 is 5.62. The van der Waals surface area contributed by atoms with Gasteiger partial charge in [0.25, 0.3) is 5.69 Å². The second-order valence-corrected chi connectivity index (χ2v) is 9.56. The number of benzene rings is 2. The number of rotatable bonds is 7. The number of amides is 2. The first kappa shape index (κ1) is 25.1. The highest BCUT2D eigenvalue weighted by Crippen LogP contribution is 2.33. The van der Waals surface area contributed by atoms with E-state index < -0.39 is 10.2 Å². The number of aryl methyl sites for hydroxylation is 2. The summed E-state index contributed by atoms with van der Waals surface area (Å²) in [4.78, 5) is 35.5. The van der Waals surface area contributed by atoms with Gasteiger partial charge < -0.3 is 15.1 Å². The van der Waals surface area contributed by atoms with Gasteiger partial charge in [0.15, 0.2) is 5.17 Å². The molecular formula is C24H20ClN5O5S. The van der Waals surface area contributed by atoms with Crippen LogP contribution in [0.3, 0.4) is 0 Å². The van der Waals surface area contributed by atoms with Crippen LogP contribution in [0.1, 0.15) is 23.3 Å². The highest BCUT2D eigenvalue weighted by molar-refractivity contribution is 8.15. The monoisotopic (exact) mass is 525 g/mol. The maximum absolute atomic E-state index is 12.4. The van der Waals surface area contributed by atoms with Crippen molar-refractivity contribution in [3.63, 3.8) is 0 Å². The lowest BCUT2D eigenvalue weighted by molar-refractivity contribution is -0.384. The van der Waals surface area contributed by atoms with Crippen LogP contribution in [0, 0.1) is 24.0 Å². The fraction of sp³-hybridized carbons (Fsp3) is 0.167. The van der Waals surface area contributed by atoms with E-state index in [2.05, 4.69) is 20.8 Å². The van der Waals surface area contributed by atoms with Gasteiger partial charge in [-0.25, -0.2) is 0 Å². The Bertz CT molecular complexity index is 1420. The molecule has 4 rings (SSSR count). The molecule has 36 heavy (non-hydrogen) atoms. The largest absolute Gasteiger partial charge is 0.455 e. The van der Waals surface area contributed by atoms with E-state index in [0.29, 0.717) is 11.4 Å². The third-order valence-corrected chi connectivity index (χ3v) is 6.49. The molecular weight excluding hydrogens is 506 g/mol. The van der Waals surface area contributed by atoms with E-state index in [1.54, 1.807) is 12.1 Å². The Balaban J connectivity index is 1.37. The fourth-order valence-corrected chi connectivity index (χ4v) is 4.57. The van der Waals surface area contributed by atoms with Crippen molar-refractivity contribution in [2.24, 2.45) is 10.2 Å².